The standard InChI is InChI=1S/C15H19ClFN3O/c1-11(10-19-4-6-21-7-5-19)20-14-8-12(17)2-3-13(14)18-15(20)9-16/h2-3,8,11H,4-7,9-10H2,1H3. The van der Waals surface area contributed by atoms with Gasteiger partial charge >= 0.3 is 0 Å². The molecular formula is C15H19ClFN3O. The van der Waals surface area contributed by atoms with Gasteiger partial charge in [-0.15, -0.1) is 11.6 Å². The molecule has 1 fully saturated rings. The van der Waals surface area contributed by atoms with Gasteiger partial charge in [0.25, 0.3) is 0 Å². The SMILES string of the molecule is CC(CN1CCOCC1)n1c(CCl)nc2ccc(F)cc21. The van der Waals surface area contributed by atoms with Crippen LogP contribution in [0.15, 0.2) is 18.2 Å². The molecule has 0 spiro atoms. The van der Waals surface area contributed by atoms with E-state index >= 15 is 0 Å². The molecule has 0 amide bonds. The zero-order valence-electron chi connectivity index (χ0n) is 12.1. The van der Waals surface area contributed by atoms with Crippen molar-refractivity contribution in [1.82, 2.24) is 14.5 Å². The lowest BCUT2D eigenvalue weighted by Gasteiger charge is -2.30. The molecule has 1 aliphatic rings. The molecule has 1 aromatic carbocycles. The Morgan fingerprint density at radius 1 is 1.38 bits per heavy atom. The molecule has 0 aliphatic carbocycles. The molecule has 1 aromatic heterocycles. The van der Waals surface area contributed by atoms with Crippen LogP contribution < -0.4 is 0 Å². The summed E-state index contributed by atoms with van der Waals surface area (Å²) in [6.07, 6.45) is 0. The Bertz CT molecular complexity index is 625. The fourth-order valence-corrected chi connectivity index (χ4v) is 3.13. The van der Waals surface area contributed by atoms with Gasteiger partial charge in [0.05, 0.1) is 30.1 Å². The first-order chi connectivity index (χ1) is 10.2. The van der Waals surface area contributed by atoms with E-state index in [1.54, 1.807) is 6.07 Å². The Kier molecular flexibility index (Phi) is 4.42. The minimum atomic E-state index is -0.247. The van der Waals surface area contributed by atoms with Gasteiger partial charge in [-0.25, -0.2) is 9.37 Å². The van der Waals surface area contributed by atoms with E-state index in [2.05, 4.69) is 21.4 Å². The number of alkyl halides is 1. The van der Waals surface area contributed by atoms with E-state index < -0.39 is 0 Å². The minimum Gasteiger partial charge on any atom is -0.379 e. The summed E-state index contributed by atoms with van der Waals surface area (Å²) in [7, 11) is 0. The van der Waals surface area contributed by atoms with Crippen LogP contribution in [0.2, 0.25) is 0 Å². The molecule has 0 bridgehead atoms. The van der Waals surface area contributed by atoms with Crippen molar-refractivity contribution in [2.24, 2.45) is 0 Å². The van der Waals surface area contributed by atoms with Gasteiger partial charge in [0.2, 0.25) is 0 Å². The van der Waals surface area contributed by atoms with Crippen LogP contribution in [0.5, 0.6) is 0 Å². The number of benzene rings is 1. The summed E-state index contributed by atoms with van der Waals surface area (Å²) >= 11 is 6.02. The molecule has 0 N–H and O–H groups in total. The van der Waals surface area contributed by atoms with Gasteiger partial charge < -0.3 is 9.30 Å². The van der Waals surface area contributed by atoms with E-state index in [9.17, 15) is 4.39 Å². The summed E-state index contributed by atoms with van der Waals surface area (Å²) in [6, 6.07) is 4.86. The molecule has 4 nitrogen and oxygen atoms in total. The number of halogens is 2. The molecular weight excluding hydrogens is 293 g/mol. The van der Waals surface area contributed by atoms with Crippen molar-refractivity contribution in [2.45, 2.75) is 18.8 Å². The highest BCUT2D eigenvalue weighted by atomic mass is 35.5. The molecule has 6 heteroatoms. The lowest BCUT2D eigenvalue weighted by molar-refractivity contribution is 0.0326. The van der Waals surface area contributed by atoms with E-state index in [0.717, 1.165) is 49.7 Å². The topological polar surface area (TPSA) is 30.3 Å². The monoisotopic (exact) mass is 311 g/mol. The highest BCUT2D eigenvalue weighted by Gasteiger charge is 2.19. The number of morpholine rings is 1. The highest BCUT2D eigenvalue weighted by molar-refractivity contribution is 6.16. The van der Waals surface area contributed by atoms with Gasteiger partial charge in [0.1, 0.15) is 11.6 Å². The first kappa shape index (κ1) is 14.8. The first-order valence-corrected chi connectivity index (χ1v) is 7.75. The smallest absolute Gasteiger partial charge is 0.125 e. The Labute approximate surface area is 128 Å². The lowest BCUT2D eigenvalue weighted by Crippen LogP contribution is -2.39. The van der Waals surface area contributed by atoms with Crippen LogP contribution in [-0.4, -0.2) is 47.3 Å². The van der Waals surface area contributed by atoms with Gasteiger partial charge in [0.15, 0.2) is 0 Å². The maximum Gasteiger partial charge on any atom is 0.125 e. The number of ether oxygens (including phenoxy) is 1. The summed E-state index contributed by atoms with van der Waals surface area (Å²) in [5.74, 6) is 0.866. The third kappa shape index (κ3) is 3.05. The Morgan fingerprint density at radius 3 is 2.86 bits per heavy atom. The quantitative estimate of drug-likeness (QED) is 0.813. The molecule has 3 rings (SSSR count). The average molecular weight is 312 g/mol. The van der Waals surface area contributed by atoms with E-state index in [1.165, 1.54) is 12.1 Å². The van der Waals surface area contributed by atoms with Crippen molar-refractivity contribution in [3.05, 3.63) is 29.8 Å². The van der Waals surface area contributed by atoms with Crippen LogP contribution in [0.3, 0.4) is 0 Å². The van der Waals surface area contributed by atoms with Gasteiger partial charge in [0, 0.05) is 25.7 Å². The number of rotatable bonds is 4. The van der Waals surface area contributed by atoms with E-state index in [1.807, 2.05) is 0 Å². The minimum absolute atomic E-state index is 0.184. The van der Waals surface area contributed by atoms with Crippen molar-refractivity contribution in [1.29, 1.82) is 0 Å². The Hall–Kier alpha value is -1.17. The molecule has 0 saturated carbocycles. The molecule has 114 valence electrons. The van der Waals surface area contributed by atoms with Crippen molar-refractivity contribution in [2.75, 3.05) is 32.8 Å². The predicted octanol–water partition coefficient (Wildman–Crippen LogP) is 2.81. The van der Waals surface area contributed by atoms with Crippen LogP contribution >= 0.6 is 11.6 Å². The first-order valence-electron chi connectivity index (χ1n) is 7.21. The second-order valence-corrected chi connectivity index (χ2v) is 5.69. The number of aromatic nitrogens is 2. The van der Waals surface area contributed by atoms with E-state index in [0.29, 0.717) is 5.88 Å². The maximum absolute atomic E-state index is 13.6. The van der Waals surface area contributed by atoms with Crippen LogP contribution in [0.1, 0.15) is 18.8 Å². The largest absolute Gasteiger partial charge is 0.379 e. The van der Waals surface area contributed by atoms with Gasteiger partial charge in [-0.05, 0) is 25.1 Å². The highest BCUT2D eigenvalue weighted by Crippen LogP contribution is 2.24. The number of hydrogen-bond acceptors (Lipinski definition) is 3. The average Bonchev–Trinajstić information content (AvgIpc) is 2.86. The Morgan fingerprint density at radius 2 is 2.14 bits per heavy atom. The van der Waals surface area contributed by atoms with Crippen LogP contribution in [0.4, 0.5) is 4.39 Å². The molecule has 2 heterocycles. The molecule has 21 heavy (non-hydrogen) atoms. The fraction of sp³-hybridized carbons (Fsp3) is 0.533. The van der Waals surface area contributed by atoms with Gasteiger partial charge in [-0.1, -0.05) is 0 Å². The van der Waals surface area contributed by atoms with Crippen molar-refractivity contribution < 1.29 is 9.13 Å². The molecule has 1 saturated heterocycles. The van der Waals surface area contributed by atoms with E-state index in [-0.39, 0.29) is 11.9 Å². The zero-order valence-corrected chi connectivity index (χ0v) is 12.8. The van der Waals surface area contributed by atoms with Crippen molar-refractivity contribution in [3.63, 3.8) is 0 Å². The lowest BCUT2D eigenvalue weighted by atomic mass is 10.2. The molecule has 0 radical (unpaired) electrons. The molecule has 1 unspecified atom stereocenters. The van der Waals surface area contributed by atoms with Crippen molar-refractivity contribution >= 4 is 22.6 Å². The third-order valence-corrected chi connectivity index (χ3v) is 4.15. The third-order valence-electron chi connectivity index (χ3n) is 3.91. The number of fused-ring (bicyclic) bond motifs is 1. The number of nitrogens with zero attached hydrogens (tertiary/aromatic N) is 3. The summed E-state index contributed by atoms with van der Waals surface area (Å²) < 4.78 is 21.0. The van der Waals surface area contributed by atoms with Crippen molar-refractivity contribution in [3.8, 4) is 0 Å². The molecule has 1 aliphatic heterocycles. The van der Waals surface area contributed by atoms with Crippen LogP contribution in [-0.2, 0) is 10.6 Å². The van der Waals surface area contributed by atoms with Crippen LogP contribution in [0.25, 0.3) is 11.0 Å². The predicted molar refractivity (Wildman–Crippen MR) is 81.2 cm³/mol. The van der Waals surface area contributed by atoms with Gasteiger partial charge in [-0.3, -0.25) is 4.90 Å². The second-order valence-electron chi connectivity index (χ2n) is 5.43. The second kappa shape index (κ2) is 6.30. The number of imidazole rings is 1. The van der Waals surface area contributed by atoms with E-state index in [4.69, 9.17) is 16.3 Å². The summed E-state index contributed by atoms with van der Waals surface area (Å²) in [5.41, 5.74) is 1.60. The maximum atomic E-state index is 13.6. The summed E-state index contributed by atoms with van der Waals surface area (Å²) in [5, 5.41) is 0. The van der Waals surface area contributed by atoms with Gasteiger partial charge in [-0.2, -0.15) is 0 Å². The normalized spacial score (nSPS) is 18.2. The molecule has 2 aromatic rings. The Balaban J connectivity index is 1.91. The zero-order chi connectivity index (χ0) is 14.8. The summed E-state index contributed by atoms with van der Waals surface area (Å²) in [6.45, 7) is 6.42. The fourth-order valence-electron chi connectivity index (χ4n) is 2.94. The summed E-state index contributed by atoms with van der Waals surface area (Å²) in [4.78, 5) is 6.87. The number of hydrogen-bond donors (Lipinski definition) is 0. The van der Waals surface area contributed by atoms with Crippen LogP contribution in [0, 0.1) is 5.82 Å². The molecule has 1 atom stereocenters.